The molecule has 118 valence electrons. The molecule has 0 radical (unpaired) electrons. The Morgan fingerprint density at radius 3 is 2.48 bits per heavy atom. The summed E-state index contributed by atoms with van der Waals surface area (Å²) in [7, 11) is 0. The quantitative estimate of drug-likeness (QED) is 0.871. The summed E-state index contributed by atoms with van der Waals surface area (Å²) in [6, 6.07) is 4.73. The third kappa shape index (κ3) is 4.97. The number of piperazine rings is 1. The van der Waals surface area contributed by atoms with Gasteiger partial charge in [-0.25, -0.2) is 4.98 Å². The molecule has 0 saturated carbocycles. The van der Waals surface area contributed by atoms with E-state index >= 15 is 0 Å². The summed E-state index contributed by atoms with van der Waals surface area (Å²) in [5.41, 5.74) is 1.31. The summed E-state index contributed by atoms with van der Waals surface area (Å²) in [5, 5.41) is 3.50. The fourth-order valence-electron chi connectivity index (χ4n) is 2.83. The highest BCUT2D eigenvalue weighted by molar-refractivity contribution is 5.47. The van der Waals surface area contributed by atoms with Gasteiger partial charge in [0.05, 0.1) is 0 Å². The van der Waals surface area contributed by atoms with Crippen molar-refractivity contribution in [2.75, 3.05) is 37.6 Å². The third-order valence-electron chi connectivity index (χ3n) is 3.86. The molecule has 1 saturated heterocycles. The highest BCUT2D eigenvalue weighted by atomic mass is 15.3. The number of anilines is 1. The van der Waals surface area contributed by atoms with Crippen LogP contribution in [0.4, 0.5) is 5.82 Å². The normalized spacial score (nSPS) is 17.0. The average Bonchev–Trinajstić information content (AvgIpc) is 2.46. The lowest BCUT2D eigenvalue weighted by molar-refractivity contribution is 0.230. The second-order valence-corrected chi connectivity index (χ2v) is 6.70. The first-order valence-electron chi connectivity index (χ1n) is 8.21. The summed E-state index contributed by atoms with van der Waals surface area (Å²) in [4.78, 5) is 9.64. The number of rotatable bonds is 6. The molecule has 1 N–H and O–H groups in total. The Kier molecular flexibility index (Phi) is 6.00. The van der Waals surface area contributed by atoms with Gasteiger partial charge in [-0.05, 0) is 12.0 Å². The zero-order valence-corrected chi connectivity index (χ0v) is 14.0. The fourth-order valence-corrected chi connectivity index (χ4v) is 2.83. The maximum absolute atomic E-state index is 4.63. The van der Waals surface area contributed by atoms with E-state index in [2.05, 4.69) is 53.9 Å². The van der Waals surface area contributed by atoms with E-state index in [0.717, 1.165) is 44.5 Å². The van der Waals surface area contributed by atoms with E-state index in [1.165, 1.54) is 12.1 Å². The van der Waals surface area contributed by atoms with E-state index in [9.17, 15) is 0 Å². The molecule has 1 aromatic rings. The van der Waals surface area contributed by atoms with Gasteiger partial charge in [0.15, 0.2) is 0 Å². The topological polar surface area (TPSA) is 31.4 Å². The van der Waals surface area contributed by atoms with Crippen molar-refractivity contribution in [3.8, 4) is 0 Å². The van der Waals surface area contributed by atoms with Gasteiger partial charge in [0, 0.05) is 57.1 Å². The van der Waals surface area contributed by atoms with Crippen LogP contribution >= 0.6 is 0 Å². The average molecular weight is 290 g/mol. The van der Waals surface area contributed by atoms with Crippen LogP contribution in [-0.2, 0) is 6.54 Å². The van der Waals surface area contributed by atoms with Crippen LogP contribution in [0, 0.1) is 5.92 Å². The van der Waals surface area contributed by atoms with Crippen LogP contribution in [0.1, 0.15) is 33.3 Å². The minimum atomic E-state index is 0.501. The van der Waals surface area contributed by atoms with Gasteiger partial charge < -0.3 is 10.2 Å². The predicted molar refractivity (Wildman–Crippen MR) is 89.7 cm³/mol. The Bertz CT molecular complexity index is 423. The number of nitrogens with zero attached hydrogens (tertiary/aromatic N) is 3. The minimum absolute atomic E-state index is 0.501. The molecule has 0 unspecified atom stereocenters. The first-order chi connectivity index (χ1) is 10.1. The first kappa shape index (κ1) is 16.2. The summed E-state index contributed by atoms with van der Waals surface area (Å²) in [5.74, 6) is 1.91. The van der Waals surface area contributed by atoms with E-state index in [1.807, 2.05) is 12.3 Å². The number of pyridine rings is 1. The Hall–Kier alpha value is -1.13. The minimum Gasteiger partial charge on any atom is -0.354 e. The molecule has 2 rings (SSSR count). The van der Waals surface area contributed by atoms with Crippen molar-refractivity contribution < 1.29 is 0 Å². The standard InChI is InChI=1S/C17H30N4/c1-14(2)13-20-8-10-21(11-9-20)17-16(6-5-7-18-17)12-19-15(3)4/h5-7,14-15,19H,8-13H2,1-4H3. The molecule has 2 heterocycles. The van der Waals surface area contributed by atoms with Gasteiger partial charge in [0.2, 0.25) is 0 Å². The predicted octanol–water partition coefficient (Wildman–Crippen LogP) is 2.36. The summed E-state index contributed by atoms with van der Waals surface area (Å²) >= 11 is 0. The van der Waals surface area contributed by atoms with Crippen LogP contribution in [0.25, 0.3) is 0 Å². The van der Waals surface area contributed by atoms with Gasteiger partial charge in [-0.15, -0.1) is 0 Å². The van der Waals surface area contributed by atoms with Crippen LogP contribution < -0.4 is 10.2 Å². The van der Waals surface area contributed by atoms with Gasteiger partial charge in [-0.1, -0.05) is 33.8 Å². The van der Waals surface area contributed by atoms with Gasteiger partial charge in [-0.2, -0.15) is 0 Å². The molecule has 0 amide bonds. The van der Waals surface area contributed by atoms with Crippen molar-refractivity contribution in [1.82, 2.24) is 15.2 Å². The molecule has 1 aliphatic rings. The number of nitrogens with one attached hydrogen (secondary N) is 1. The molecule has 0 bridgehead atoms. The highest BCUT2D eigenvalue weighted by Crippen LogP contribution is 2.19. The Labute approximate surface area is 129 Å². The van der Waals surface area contributed by atoms with Crippen molar-refractivity contribution in [1.29, 1.82) is 0 Å². The lowest BCUT2D eigenvalue weighted by Crippen LogP contribution is -2.48. The SMILES string of the molecule is CC(C)CN1CCN(c2ncccc2CNC(C)C)CC1. The lowest BCUT2D eigenvalue weighted by Gasteiger charge is -2.37. The largest absolute Gasteiger partial charge is 0.354 e. The zero-order chi connectivity index (χ0) is 15.2. The van der Waals surface area contributed by atoms with Crippen LogP contribution in [0.15, 0.2) is 18.3 Å². The summed E-state index contributed by atoms with van der Waals surface area (Å²) in [6.07, 6.45) is 1.91. The summed E-state index contributed by atoms with van der Waals surface area (Å²) < 4.78 is 0. The van der Waals surface area contributed by atoms with Crippen LogP contribution in [-0.4, -0.2) is 48.6 Å². The second kappa shape index (κ2) is 7.76. The molecule has 21 heavy (non-hydrogen) atoms. The van der Waals surface area contributed by atoms with Crippen molar-refractivity contribution in [2.45, 2.75) is 40.3 Å². The van der Waals surface area contributed by atoms with E-state index < -0.39 is 0 Å². The molecule has 0 aliphatic carbocycles. The zero-order valence-electron chi connectivity index (χ0n) is 14.0. The molecule has 0 atom stereocenters. The number of hydrogen-bond acceptors (Lipinski definition) is 4. The molecular weight excluding hydrogens is 260 g/mol. The molecule has 1 aliphatic heterocycles. The Balaban J connectivity index is 1.96. The first-order valence-corrected chi connectivity index (χ1v) is 8.21. The number of hydrogen-bond donors (Lipinski definition) is 1. The molecule has 1 aromatic heterocycles. The van der Waals surface area contributed by atoms with Crippen molar-refractivity contribution in [2.24, 2.45) is 5.92 Å². The van der Waals surface area contributed by atoms with E-state index in [0.29, 0.717) is 6.04 Å². The second-order valence-electron chi connectivity index (χ2n) is 6.70. The van der Waals surface area contributed by atoms with Gasteiger partial charge in [-0.3, -0.25) is 4.90 Å². The van der Waals surface area contributed by atoms with Gasteiger partial charge in [0.25, 0.3) is 0 Å². The van der Waals surface area contributed by atoms with Crippen molar-refractivity contribution >= 4 is 5.82 Å². The Morgan fingerprint density at radius 2 is 1.86 bits per heavy atom. The fraction of sp³-hybridized carbons (Fsp3) is 0.706. The van der Waals surface area contributed by atoms with Gasteiger partial charge in [0.1, 0.15) is 5.82 Å². The molecule has 4 nitrogen and oxygen atoms in total. The maximum atomic E-state index is 4.63. The van der Waals surface area contributed by atoms with E-state index in [-0.39, 0.29) is 0 Å². The van der Waals surface area contributed by atoms with Crippen LogP contribution in [0.5, 0.6) is 0 Å². The highest BCUT2D eigenvalue weighted by Gasteiger charge is 2.20. The molecule has 0 spiro atoms. The Morgan fingerprint density at radius 1 is 1.14 bits per heavy atom. The van der Waals surface area contributed by atoms with E-state index in [1.54, 1.807) is 0 Å². The molecule has 1 fully saturated rings. The van der Waals surface area contributed by atoms with E-state index in [4.69, 9.17) is 0 Å². The van der Waals surface area contributed by atoms with Crippen molar-refractivity contribution in [3.05, 3.63) is 23.9 Å². The summed E-state index contributed by atoms with van der Waals surface area (Å²) in [6.45, 7) is 15.5. The van der Waals surface area contributed by atoms with Crippen LogP contribution in [0.2, 0.25) is 0 Å². The monoisotopic (exact) mass is 290 g/mol. The third-order valence-corrected chi connectivity index (χ3v) is 3.86. The molecular formula is C17H30N4. The molecule has 0 aromatic carbocycles. The van der Waals surface area contributed by atoms with Gasteiger partial charge >= 0.3 is 0 Å². The van der Waals surface area contributed by atoms with Crippen LogP contribution in [0.3, 0.4) is 0 Å². The van der Waals surface area contributed by atoms with Crippen molar-refractivity contribution in [3.63, 3.8) is 0 Å². The maximum Gasteiger partial charge on any atom is 0.133 e. The number of aromatic nitrogens is 1. The lowest BCUT2D eigenvalue weighted by atomic mass is 10.1. The smallest absolute Gasteiger partial charge is 0.133 e. The molecule has 4 heteroatoms.